The molecule has 2 rings (SSSR count). The molecule has 2 saturated heterocycles. The lowest BCUT2D eigenvalue weighted by atomic mass is 9.97. The van der Waals surface area contributed by atoms with E-state index in [4.69, 9.17) is 0 Å². The van der Waals surface area contributed by atoms with Gasteiger partial charge in [-0.15, -0.1) is 0 Å². The minimum atomic E-state index is 0.709. The van der Waals surface area contributed by atoms with Crippen LogP contribution in [-0.4, -0.2) is 59.1 Å². The molecule has 0 aliphatic carbocycles. The summed E-state index contributed by atoms with van der Waals surface area (Å²) in [7, 11) is 0. The molecule has 2 aliphatic heterocycles. The smallest absolute Gasteiger partial charge is 0.0265 e. The number of thioether (sulfide) groups is 2. The van der Waals surface area contributed by atoms with Gasteiger partial charge in [0.05, 0.1) is 0 Å². The fourth-order valence-electron chi connectivity index (χ4n) is 2.94. The first-order chi connectivity index (χ1) is 8.70. The molecule has 0 saturated carbocycles. The first-order valence-electron chi connectivity index (χ1n) is 7.37. The van der Waals surface area contributed by atoms with Gasteiger partial charge in [0, 0.05) is 54.2 Å². The zero-order valence-corrected chi connectivity index (χ0v) is 13.7. The molecule has 0 aromatic carbocycles. The van der Waals surface area contributed by atoms with Crippen LogP contribution in [0.1, 0.15) is 27.2 Å². The van der Waals surface area contributed by atoms with Crippen LogP contribution in [0, 0.1) is 5.92 Å². The van der Waals surface area contributed by atoms with E-state index in [0.29, 0.717) is 6.04 Å². The highest BCUT2D eigenvalue weighted by Crippen LogP contribution is 2.27. The van der Waals surface area contributed by atoms with Gasteiger partial charge in [-0.3, -0.25) is 4.90 Å². The van der Waals surface area contributed by atoms with E-state index in [0.717, 1.165) is 17.2 Å². The van der Waals surface area contributed by atoms with Crippen LogP contribution in [-0.2, 0) is 0 Å². The topological polar surface area (TPSA) is 15.3 Å². The third kappa shape index (κ3) is 4.06. The number of hydrogen-bond donors (Lipinski definition) is 1. The minimum absolute atomic E-state index is 0.709. The zero-order valence-electron chi connectivity index (χ0n) is 12.0. The molecule has 2 aliphatic rings. The third-order valence-corrected chi connectivity index (χ3v) is 6.95. The molecule has 3 atom stereocenters. The van der Waals surface area contributed by atoms with Crippen LogP contribution < -0.4 is 5.32 Å². The van der Waals surface area contributed by atoms with Crippen molar-refractivity contribution in [2.24, 2.45) is 5.92 Å². The summed E-state index contributed by atoms with van der Waals surface area (Å²) in [5.41, 5.74) is 0. The maximum absolute atomic E-state index is 3.71. The molecule has 0 amide bonds. The number of piperazine rings is 1. The predicted molar refractivity (Wildman–Crippen MR) is 85.9 cm³/mol. The molecule has 0 aromatic heterocycles. The van der Waals surface area contributed by atoms with E-state index in [9.17, 15) is 0 Å². The van der Waals surface area contributed by atoms with Gasteiger partial charge in [-0.25, -0.2) is 0 Å². The Balaban J connectivity index is 1.91. The van der Waals surface area contributed by atoms with Crippen molar-refractivity contribution in [3.63, 3.8) is 0 Å². The molecule has 2 fully saturated rings. The van der Waals surface area contributed by atoms with Crippen molar-refractivity contribution in [1.82, 2.24) is 10.2 Å². The van der Waals surface area contributed by atoms with Gasteiger partial charge in [0.1, 0.15) is 0 Å². The minimum Gasteiger partial charge on any atom is -0.311 e. The number of nitrogens with zero attached hydrogens (tertiary/aromatic N) is 1. The number of rotatable bonds is 4. The molecule has 0 spiro atoms. The van der Waals surface area contributed by atoms with Crippen molar-refractivity contribution in [2.45, 2.75) is 44.5 Å². The van der Waals surface area contributed by atoms with Crippen LogP contribution >= 0.6 is 23.5 Å². The molecule has 2 nitrogen and oxygen atoms in total. The van der Waals surface area contributed by atoms with E-state index in [1.807, 2.05) is 0 Å². The van der Waals surface area contributed by atoms with Gasteiger partial charge in [-0.05, 0) is 12.3 Å². The molecule has 1 N–H and O–H groups in total. The normalized spacial score (nSPS) is 35.0. The average molecular weight is 289 g/mol. The molecule has 2 heterocycles. The van der Waals surface area contributed by atoms with E-state index >= 15 is 0 Å². The summed E-state index contributed by atoms with van der Waals surface area (Å²) in [6, 6.07) is 1.45. The fourth-order valence-corrected chi connectivity index (χ4v) is 5.64. The summed E-state index contributed by atoms with van der Waals surface area (Å²) < 4.78 is 0. The van der Waals surface area contributed by atoms with Crippen molar-refractivity contribution in [2.75, 3.05) is 36.9 Å². The maximum Gasteiger partial charge on any atom is 0.0265 e. The second kappa shape index (κ2) is 7.41. The molecular weight excluding hydrogens is 260 g/mol. The molecule has 0 radical (unpaired) electrons. The van der Waals surface area contributed by atoms with Crippen molar-refractivity contribution in [3.8, 4) is 0 Å². The lowest BCUT2D eigenvalue weighted by molar-refractivity contribution is 0.0991. The van der Waals surface area contributed by atoms with Gasteiger partial charge < -0.3 is 5.32 Å². The van der Waals surface area contributed by atoms with Crippen LogP contribution in [0.15, 0.2) is 0 Å². The Bertz CT molecular complexity index is 242. The second-order valence-electron chi connectivity index (χ2n) is 5.85. The second-order valence-corrected chi connectivity index (χ2v) is 8.40. The Morgan fingerprint density at radius 1 is 1.33 bits per heavy atom. The van der Waals surface area contributed by atoms with E-state index in [2.05, 4.69) is 54.5 Å². The number of hydrogen-bond acceptors (Lipinski definition) is 4. The van der Waals surface area contributed by atoms with Gasteiger partial charge >= 0.3 is 0 Å². The first-order valence-corrected chi connectivity index (χ1v) is 9.57. The largest absolute Gasteiger partial charge is 0.311 e. The van der Waals surface area contributed by atoms with Crippen LogP contribution in [0.4, 0.5) is 0 Å². The monoisotopic (exact) mass is 288 g/mol. The quantitative estimate of drug-likeness (QED) is 0.855. The Kier molecular flexibility index (Phi) is 6.19. The highest BCUT2D eigenvalue weighted by atomic mass is 32.2. The molecule has 3 unspecified atom stereocenters. The molecule has 4 heteroatoms. The summed E-state index contributed by atoms with van der Waals surface area (Å²) in [5.74, 6) is 4.83. The van der Waals surface area contributed by atoms with Crippen molar-refractivity contribution < 1.29 is 0 Å². The van der Waals surface area contributed by atoms with Gasteiger partial charge in [0.25, 0.3) is 0 Å². The summed E-state index contributed by atoms with van der Waals surface area (Å²) in [6.07, 6.45) is 1.26. The SMILES string of the molecule is CCC1CN(CC2CSCCS2)C(C(C)C)CN1. The third-order valence-electron chi connectivity index (χ3n) is 4.13. The van der Waals surface area contributed by atoms with Crippen LogP contribution in [0.5, 0.6) is 0 Å². The molecule has 18 heavy (non-hydrogen) atoms. The summed E-state index contributed by atoms with van der Waals surface area (Å²) in [6.45, 7) is 10.8. The van der Waals surface area contributed by atoms with E-state index in [1.54, 1.807) is 0 Å². The van der Waals surface area contributed by atoms with E-state index in [1.165, 1.54) is 43.3 Å². The Morgan fingerprint density at radius 3 is 2.78 bits per heavy atom. The first kappa shape index (κ1) is 15.0. The molecule has 0 aromatic rings. The van der Waals surface area contributed by atoms with Crippen LogP contribution in [0.3, 0.4) is 0 Å². The summed E-state index contributed by atoms with van der Waals surface area (Å²) in [5, 5.41) is 4.58. The Labute approximate surface area is 121 Å². The highest BCUT2D eigenvalue weighted by molar-refractivity contribution is 8.06. The molecule has 0 bridgehead atoms. The summed E-state index contributed by atoms with van der Waals surface area (Å²) >= 11 is 4.34. The zero-order chi connectivity index (χ0) is 13.0. The van der Waals surface area contributed by atoms with E-state index in [-0.39, 0.29) is 0 Å². The fraction of sp³-hybridized carbons (Fsp3) is 1.00. The average Bonchev–Trinajstić information content (AvgIpc) is 2.39. The van der Waals surface area contributed by atoms with Gasteiger partial charge in [-0.2, -0.15) is 23.5 Å². The van der Waals surface area contributed by atoms with Crippen molar-refractivity contribution in [1.29, 1.82) is 0 Å². The van der Waals surface area contributed by atoms with Crippen LogP contribution in [0.2, 0.25) is 0 Å². The van der Waals surface area contributed by atoms with Crippen molar-refractivity contribution in [3.05, 3.63) is 0 Å². The molecular formula is C14H28N2S2. The highest BCUT2D eigenvalue weighted by Gasteiger charge is 2.31. The predicted octanol–water partition coefficient (Wildman–Crippen LogP) is 2.54. The van der Waals surface area contributed by atoms with E-state index < -0.39 is 0 Å². The van der Waals surface area contributed by atoms with Crippen molar-refractivity contribution >= 4 is 23.5 Å². The molecule has 106 valence electrons. The van der Waals surface area contributed by atoms with Crippen LogP contribution in [0.25, 0.3) is 0 Å². The lowest BCUT2D eigenvalue weighted by Gasteiger charge is -2.44. The Morgan fingerprint density at radius 2 is 2.17 bits per heavy atom. The van der Waals surface area contributed by atoms with Gasteiger partial charge in [0.2, 0.25) is 0 Å². The van der Waals surface area contributed by atoms with Gasteiger partial charge in [0.15, 0.2) is 0 Å². The lowest BCUT2D eigenvalue weighted by Crippen LogP contribution is -2.59. The standard InChI is InChI=1S/C14H28N2S2/c1-4-12-8-16(14(7-15-12)11(2)3)9-13-10-17-5-6-18-13/h11-15H,4-10H2,1-3H3. The maximum atomic E-state index is 3.71. The summed E-state index contributed by atoms with van der Waals surface area (Å²) in [4.78, 5) is 2.78. The van der Waals surface area contributed by atoms with Gasteiger partial charge in [-0.1, -0.05) is 20.8 Å². The number of nitrogens with one attached hydrogen (secondary N) is 1. The Hall–Kier alpha value is 0.620.